The minimum Gasteiger partial charge on any atom is -0.325 e. The molecular weight excluding hydrogens is 448 g/mol. The van der Waals surface area contributed by atoms with E-state index in [1.165, 1.54) is 5.56 Å². The van der Waals surface area contributed by atoms with Crippen LogP contribution >= 0.6 is 50.8 Å². The third-order valence-corrected chi connectivity index (χ3v) is 6.99. The van der Waals surface area contributed by atoms with Crippen molar-refractivity contribution in [3.63, 3.8) is 0 Å². The van der Waals surface area contributed by atoms with Crippen molar-refractivity contribution in [2.75, 3.05) is 11.6 Å². The topological polar surface area (TPSA) is 42.0 Å². The Morgan fingerprint density at radius 3 is 2.73 bits per heavy atom. The van der Waals surface area contributed by atoms with E-state index in [4.69, 9.17) is 0 Å². The van der Waals surface area contributed by atoms with Gasteiger partial charge in [-0.25, -0.2) is 4.98 Å². The number of amides is 1. The molecule has 0 spiro atoms. The van der Waals surface area contributed by atoms with Gasteiger partial charge in [0.15, 0.2) is 0 Å². The van der Waals surface area contributed by atoms with Gasteiger partial charge in [-0.1, -0.05) is 52.0 Å². The Balaban J connectivity index is 1.54. The Hall–Kier alpha value is -1.28. The molecule has 0 saturated carbocycles. The van der Waals surface area contributed by atoms with Crippen LogP contribution in [0.1, 0.15) is 11.3 Å². The summed E-state index contributed by atoms with van der Waals surface area (Å²) in [5.41, 5.74) is 2.92. The number of hydrogen-bond acceptors (Lipinski definition) is 5. The predicted octanol–water partition coefficient (Wildman–Crippen LogP) is 6.10. The maximum atomic E-state index is 12.3. The zero-order valence-corrected chi connectivity index (χ0v) is 18.1. The van der Waals surface area contributed by atoms with Crippen LogP contribution in [-0.4, -0.2) is 17.1 Å². The molecule has 1 aromatic heterocycles. The fourth-order valence-corrected chi connectivity index (χ4v) is 4.89. The van der Waals surface area contributed by atoms with E-state index in [1.54, 1.807) is 34.9 Å². The van der Waals surface area contributed by atoms with E-state index in [9.17, 15) is 4.79 Å². The van der Waals surface area contributed by atoms with Gasteiger partial charge in [0.25, 0.3) is 0 Å². The Bertz CT molecular complexity index is 881. The molecule has 3 nitrogen and oxygen atoms in total. The van der Waals surface area contributed by atoms with Crippen LogP contribution in [0.5, 0.6) is 0 Å². The van der Waals surface area contributed by atoms with Crippen molar-refractivity contribution in [1.82, 2.24) is 4.98 Å². The monoisotopic (exact) mass is 464 g/mol. The van der Waals surface area contributed by atoms with Crippen LogP contribution in [0.4, 0.5) is 5.69 Å². The second-order valence-corrected chi connectivity index (χ2v) is 9.29. The molecule has 0 fully saturated rings. The van der Waals surface area contributed by atoms with Crippen LogP contribution in [0, 0.1) is 0 Å². The van der Waals surface area contributed by atoms with Crippen molar-refractivity contribution in [3.8, 4) is 0 Å². The van der Waals surface area contributed by atoms with Crippen LogP contribution in [-0.2, 0) is 17.0 Å². The number of para-hydroxylation sites is 1. The average Bonchev–Trinajstić information content (AvgIpc) is 3.09. The summed E-state index contributed by atoms with van der Waals surface area (Å²) in [6.45, 7) is 0. The van der Waals surface area contributed by atoms with Crippen LogP contribution in [0.25, 0.3) is 0 Å². The predicted molar refractivity (Wildman–Crippen MR) is 116 cm³/mol. The summed E-state index contributed by atoms with van der Waals surface area (Å²) in [6, 6.07) is 16.1. The fraction of sp³-hybridized carbons (Fsp3) is 0.158. The van der Waals surface area contributed by atoms with Gasteiger partial charge in [-0.15, -0.1) is 23.1 Å². The number of nitrogens with one attached hydrogen (secondary N) is 1. The molecule has 1 heterocycles. The minimum atomic E-state index is -0.0405. The Morgan fingerprint density at radius 1 is 1.19 bits per heavy atom. The van der Waals surface area contributed by atoms with Crippen molar-refractivity contribution >= 4 is 62.4 Å². The van der Waals surface area contributed by atoms with Crippen molar-refractivity contribution in [3.05, 3.63) is 69.6 Å². The number of anilines is 1. The molecule has 0 aliphatic carbocycles. The molecule has 1 amide bonds. The number of nitrogens with zero attached hydrogens (tertiary/aromatic N) is 1. The minimum absolute atomic E-state index is 0.0405. The SMILES string of the molecule is CSc1ccccc1NC(=O)Cc1csc(SCc2ccc(Br)cc2)n1. The molecule has 2 aromatic carbocycles. The molecule has 134 valence electrons. The summed E-state index contributed by atoms with van der Waals surface area (Å²) in [4.78, 5) is 17.9. The second-order valence-electron chi connectivity index (χ2n) is 5.45. The Kier molecular flexibility index (Phi) is 7.19. The van der Waals surface area contributed by atoms with Gasteiger partial charge in [-0.2, -0.15) is 0 Å². The van der Waals surface area contributed by atoms with Gasteiger partial charge in [0.1, 0.15) is 4.34 Å². The highest BCUT2D eigenvalue weighted by Gasteiger charge is 2.10. The van der Waals surface area contributed by atoms with Gasteiger partial charge >= 0.3 is 0 Å². The quantitative estimate of drug-likeness (QED) is 0.428. The van der Waals surface area contributed by atoms with Crippen molar-refractivity contribution < 1.29 is 4.79 Å². The number of hydrogen-bond donors (Lipinski definition) is 1. The summed E-state index contributed by atoms with van der Waals surface area (Å²) >= 11 is 8.34. The van der Waals surface area contributed by atoms with Crippen molar-refractivity contribution in [2.24, 2.45) is 0 Å². The number of halogens is 1. The Labute approximate surface area is 174 Å². The van der Waals surface area contributed by atoms with Crippen molar-refractivity contribution in [2.45, 2.75) is 21.4 Å². The molecule has 26 heavy (non-hydrogen) atoms. The van der Waals surface area contributed by atoms with Crippen LogP contribution in [0.2, 0.25) is 0 Å². The zero-order chi connectivity index (χ0) is 18.4. The van der Waals surface area contributed by atoms with Crippen molar-refractivity contribution in [1.29, 1.82) is 0 Å². The van der Waals surface area contributed by atoms with E-state index in [0.29, 0.717) is 0 Å². The third-order valence-electron chi connectivity index (χ3n) is 3.53. The summed E-state index contributed by atoms with van der Waals surface area (Å²) in [5.74, 6) is 0.828. The molecule has 0 bridgehead atoms. The first-order valence-corrected chi connectivity index (χ1v) is 11.8. The van der Waals surface area contributed by atoms with E-state index in [1.807, 2.05) is 48.0 Å². The highest BCUT2D eigenvalue weighted by molar-refractivity contribution is 9.10. The highest BCUT2D eigenvalue weighted by atomic mass is 79.9. The summed E-state index contributed by atoms with van der Waals surface area (Å²) in [7, 11) is 0. The van der Waals surface area contributed by atoms with E-state index < -0.39 is 0 Å². The van der Waals surface area contributed by atoms with Crippen LogP contribution in [0.15, 0.2) is 67.6 Å². The van der Waals surface area contributed by atoms with Crippen LogP contribution < -0.4 is 5.32 Å². The molecule has 0 aliphatic heterocycles. The lowest BCUT2D eigenvalue weighted by atomic mass is 10.2. The molecule has 0 unspecified atom stereocenters. The third kappa shape index (κ3) is 5.61. The number of aromatic nitrogens is 1. The first-order valence-electron chi connectivity index (χ1n) is 7.88. The van der Waals surface area contributed by atoms with Gasteiger partial charge in [0.05, 0.1) is 17.8 Å². The van der Waals surface area contributed by atoms with E-state index >= 15 is 0 Å². The number of carbonyl (C=O) groups excluding carboxylic acids is 1. The van der Waals surface area contributed by atoms with E-state index in [0.717, 1.165) is 30.8 Å². The average molecular weight is 465 g/mol. The summed E-state index contributed by atoms with van der Waals surface area (Å²) in [5, 5.41) is 4.94. The largest absolute Gasteiger partial charge is 0.325 e. The molecule has 0 aliphatic rings. The molecule has 1 N–H and O–H groups in total. The summed E-state index contributed by atoms with van der Waals surface area (Å²) in [6.07, 6.45) is 2.29. The lowest BCUT2D eigenvalue weighted by Gasteiger charge is -2.08. The molecule has 0 saturated heterocycles. The lowest BCUT2D eigenvalue weighted by Crippen LogP contribution is -2.15. The normalized spacial score (nSPS) is 10.7. The van der Waals surface area contributed by atoms with E-state index in [-0.39, 0.29) is 12.3 Å². The van der Waals surface area contributed by atoms with Gasteiger partial charge in [0, 0.05) is 20.5 Å². The first kappa shape index (κ1) is 19.5. The number of benzene rings is 2. The molecule has 3 aromatic rings. The van der Waals surface area contributed by atoms with Gasteiger partial charge in [-0.05, 0) is 36.1 Å². The first-order chi connectivity index (χ1) is 12.6. The lowest BCUT2D eigenvalue weighted by molar-refractivity contribution is -0.115. The van der Waals surface area contributed by atoms with E-state index in [2.05, 4.69) is 38.4 Å². The standard InChI is InChI=1S/C19H17BrN2OS3/c1-24-17-5-3-2-4-16(17)22-18(23)10-15-12-26-19(21-15)25-11-13-6-8-14(20)9-7-13/h2-9,12H,10-11H2,1H3,(H,22,23). The van der Waals surface area contributed by atoms with Gasteiger partial charge in [-0.3, -0.25) is 4.79 Å². The number of thiazole rings is 1. The van der Waals surface area contributed by atoms with Crippen LogP contribution in [0.3, 0.4) is 0 Å². The van der Waals surface area contributed by atoms with Gasteiger partial charge < -0.3 is 5.32 Å². The maximum absolute atomic E-state index is 12.3. The zero-order valence-electron chi connectivity index (χ0n) is 14.1. The molecule has 3 rings (SSSR count). The number of carbonyl (C=O) groups is 1. The molecular formula is C19H17BrN2OS3. The van der Waals surface area contributed by atoms with Gasteiger partial charge in [0.2, 0.25) is 5.91 Å². The maximum Gasteiger partial charge on any atom is 0.230 e. The molecule has 0 radical (unpaired) electrons. The highest BCUT2D eigenvalue weighted by Crippen LogP contribution is 2.28. The smallest absolute Gasteiger partial charge is 0.230 e. The molecule has 7 heteroatoms. The summed E-state index contributed by atoms with van der Waals surface area (Å²) < 4.78 is 2.07. The fourth-order valence-electron chi connectivity index (χ4n) is 2.27. The number of thioether (sulfide) groups is 2. The number of rotatable bonds is 7. The Morgan fingerprint density at radius 2 is 1.96 bits per heavy atom. The molecule has 0 atom stereocenters. The second kappa shape index (κ2) is 9.60.